The van der Waals surface area contributed by atoms with E-state index >= 15 is 0 Å². The van der Waals surface area contributed by atoms with Crippen LogP contribution in [0.5, 0.6) is 0 Å². The second kappa shape index (κ2) is 7.76. The van der Waals surface area contributed by atoms with Crippen LogP contribution in [0.25, 0.3) is 0 Å². The van der Waals surface area contributed by atoms with Gasteiger partial charge in [0.05, 0.1) is 10.4 Å². The normalized spacial score (nSPS) is 10.7. The minimum Gasteiger partial charge on any atom is -0.348 e. The summed E-state index contributed by atoms with van der Waals surface area (Å²) in [4.78, 5) is 13.7. The molecule has 0 saturated carbocycles. The Hall–Kier alpha value is -2.25. The van der Waals surface area contributed by atoms with Crippen LogP contribution >= 0.6 is 23.3 Å². The van der Waals surface area contributed by atoms with Crippen molar-refractivity contribution < 1.29 is 4.79 Å². The molecule has 0 unspecified atom stereocenters. The highest BCUT2D eigenvalue weighted by Gasteiger charge is 2.09. The predicted molar refractivity (Wildman–Crippen MR) is 104 cm³/mol. The SMILES string of the molecule is Cc1ccc(SNc2cc(C(=O)NCc3cnn(C)c3)ccc2C)s1. The van der Waals surface area contributed by atoms with E-state index in [2.05, 4.69) is 34.2 Å². The van der Waals surface area contributed by atoms with E-state index < -0.39 is 0 Å². The van der Waals surface area contributed by atoms with E-state index in [0.29, 0.717) is 12.1 Å². The standard InChI is InChI=1S/C18H20N4OS2/c1-12-4-6-15(18(23)19-9-14-10-20-22(3)11-14)8-16(12)21-25-17-7-5-13(2)24-17/h4-8,10-11,21H,9H2,1-3H3,(H,19,23). The number of nitrogens with zero attached hydrogens (tertiary/aromatic N) is 2. The van der Waals surface area contributed by atoms with Gasteiger partial charge in [-0.25, -0.2) is 0 Å². The van der Waals surface area contributed by atoms with E-state index in [-0.39, 0.29) is 5.91 Å². The van der Waals surface area contributed by atoms with Crippen molar-refractivity contribution >= 4 is 34.9 Å². The largest absolute Gasteiger partial charge is 0.348 e. The highest BCUT2D eigenvalue weighted by atomic mass is 32.2. The number of nitrogens with one attached hydrogen (secondary N) is 2. The van der Waals surface area contributed by atoms with Gasteiger partial charge in [-0.2, -0.15) is 5.10 Å². The first-order valence-corrected chi connectivity index (χ1v) is 9.50. The van der Waals surface area contributed by atoms with Gasteiger partial charge in [-0.05, 0) is 55.6 Å². The first-order valence-electron chi connectivity index (χ1n) is 7.87. The zero-order chi connectivity index (χ0) is 17.8. The van der Waals surface area contributed by atoms with Gasteiger partial charge in [-0.15, -0.1) is 11.3 Å². The zero-order valence-electron chi connectivity index (χ0n) is 14.4. The van der Waals surface area contributed by atoms with Crippen molar-refractivity contribution in [3.05, 3.63) is 64.3 Å². The van der Waals surface area contributed by atoms with Gasteiger partial charge in [0, 0.05) is 41.5 Å². The van der Waals surface area contributed by atoms with E-state index in [0.717, 1.165) is 16.8 Å². The molecular formula is C18H20N4OS2. The van der Waals surface area contributed by atoms with Crippen LogP contribution in [0.15, 0.2) is 46.9 Å². The van der Waals surface area contributed by atoms with E-state index in [4.69, 9.17) is 0 Å². The summed E-state index contributed by atoms with van der Waals surface area (Å²) in [7, 11) is 1.86. The first kappa shape index (κ1) is 17.6. The van der Waals surface area contributed by atoms with Crippen molar-refractivity contribution in [2.24, 2.45) is 7.05 Å². The molecule has 130 valence electrons. The average molecular weight is 373 g/mol. The molecule has 5 nitrogen and oxygen atoms in total. The van der Waals surface area contributed by atoms with Crippen molar-refractivity contribution in [3.8, 4) is 0 Å². The zero-order valence-corrected chi connectivity index (χ0v) is 16.0. The molecule has 0 fully saturated rings. The number of thiophene rings is 1. The third-order valence-electron chi connectivity index (χ3n) is 3.69. The lowest BCUT2D eigenvalue weighted by Crippen LogP contribution is -2.22. The number of rotatable bonds is 6. The highest BCUT2D eigenvalue weighted by Crippen LogP contribution is 2.29. The Balaban J connectivity index is 1.64. The molecular weight excluding hydrogens is 352 g/mol. The topological polar surface area (TPSA) is 59.0 Å². The predicted octanol–water partition coefficient (Wildman–Crippen LogP) is 4.15. The number of hydrogen-bond donors (Lipinski definition) is 2. The smallest absolute Gasteiger partial charge is 0.251 e. The molecule has 2 aromatic heterocycles. The quantitative estimate of drug-likeness (QED) is 0.638. The molecule has 0 aliphatic rings. The minimum absolute atomic E-state index is 0.0936. The Morgan fingerprint density at radius 1 is 1.28 bits per heavy atom. The highest BCUT2D eigenvalue weighted by molar-refractivity contribution is 8.02. The summed E-state index contributed by atoms with van der Waals surface area (Å²) in [6.45, 7) is 4.58. The van der Waals surface area contributed by atoms with E-state index in [1.54, 1.807) is 34.2 Å². The van der Waals surface area contributed by atoms with E-state index in [9.17, 15) is 4.79 Å². The number of amides is 1. The fourth-order valence-corrected chi connectivity index (χ4v) is 4.14. The molecule has 7 heteroatoms. The molecule has 0 aliphatic heterocycles. The number of aromatic nitrogens is 2. The third kappa shape index (κ3) is 4.64. The maximum atomic E-state index is 12.4. The molecule has 3 rings (SSSR count). The lowest BCUT2D eigenvalue weighted by atomic mass is 10.1. The summed E-state index contributed by atoms with van der Waals surface area (Å²) in [5.74, 6) is -0.0936. The van der Waals surface area contributed by atoms with Crippen LogP contribution in [-0.2, 0) is 13.6 Å². The Bertz CT molecular complexity index is 885. The van der Waals surface area contributed by atoms with Crippen molar-refractivity contribution in [2.75, 3.05) is 4.72 Å². The van der Waals surface area contributed by atoms with Crippen LogP contribution in [0.3, 0.4) is 0 Å². The van der Waals surface area contributed by atoms with Crippen LogP contribution in [0.2, 0.25) is 0 Å². The fourth-order valence-electron chi connectivity index (χ4n) is 2.29. The molecule has 1 amide bonds. The molecule has 0 atom stereocenters. The van der Waals surface area contributed by atoms with E-state index in [1.165, 1.54) is 9.09 Å². The third-order valence-corrected chi connectivity index (χ3v) is 5.64. The van der Waals surface area contributed by atoms with Crippen molar-refractivity contribution in [1.29, 1.82) is 0 Å². The number of aryl methyl sites for hydroxylation is 3. The summed E-state index contributed by atoms with van der Waals surface area (Å²) in [6.07, 6.45) is 3.64. The van der Waals surface area contributed by atoms with Crippen LogP contribution in [0, 0.1) is 13.8 Å². The van der Waals surface area contributed by atoms with Crippen LogP contribution in [0.1, 0.15) is 26.4 Å². The van der Waals surface area contributed by atoms with Crippen molar-refractivity contribution in [3.63, 3.8) is 0 Å². The molecule has 3 aromatic rings. The lowest BCUT2D eigenvalue weighted by molar-refractivity contribution is 0.0951. The van der Waals surface area contributed by atoms with Gasteiger partial charge in [0.2, 0.25) is 0 Å². The van der Waals surface area contributed by atoms with Gasteiger partial charge in [0.15, 0.2) is 0 Å². The number of carbonyl (C=O) groups is 1. The Labute approximate surface area is 155 Å². The average Bonchev–Trinajstić information content (AvgIpc) is 3.20. The Kier molecular flexibility index (Phi) is 5.45. The summed E-state index contributed by atoms with van der Waals surface area (Å²) >= 11 is 3.31. The van der Waals surface area contributed by atoms with Gasteiger partial charge < -0.3 is 10.0 Å². The molecule has 0 radical (unpaired) electrons. The molecule has 0 saturated heterocycles. The molecule has 0 aliphatic carbocycles. The molecule has 0 spiro atoms. The molecule has 2 N–H and O–H groups in total. The molecule has 1 aromatic carbocycles. The summed E-state index contributed by atoms with van der Waals surface area (Å²) in [5.41, 5.74) is 3.67. The summed E-state index contributed by atoms with van der Waals surface area (Å²) in [5, 5.41) is 7.03. The van der Waals surface area contributed by atoms with Crippen LogP contribution < -0.4 is 10.0 Å². The maximum Gasteiger partial charge on any atom is 0.251 e. The minimum atomic E-state index is -0.0936. The number of benzene rings is 1. The number of hydrogen-bond acceptors (Lipinski definition) is 5. The van der Waals surface area contributed by atoms with Gasteiger partial charge >= 0.3 is 0 Å². The summed E-state index contributed by atoms with van der Waals surface area (Å²) < 4.78 is 6.27. The van der Waals surface area contributed by atoms with Gasteiger partial charge in [0.25, 0.3) is 5.91 Å². The van der Waals surface area contributed by atoms with Gasteiger partial charge in [-0.1, -0.05) is 6.07 Å². The monoisotopic (exact) mass is 372 g/mol. The Morgan fingerprint density at radius 3 is 2.80 bits per heavy atom. The maximum absolute atomic E-state index is 12.4. The van der Waals surface area contributed by atoms with Gasteiger partial charge in [-0.3, -0.25) is 9.48 Å². The first-order chi connectivity index (χ1) is 12.0. The summed E-state index contributed by atoms with van der Waals surface area (Å²) in [6, 6.07) is 9.89. The molecule has 25 heavy (non-hydrogen) atoms. The van der Waals surface area contributed by atoms with Crippen molar-refractivity contribution in [2.45, 2.75) is 24.6 Å². The second-order valence-corrected chi connectivity index (χ2v) is 8.20. The van der Waals surface area contributed by atoms with E-state index in [1.807, 2.05) is 38.4 Å². The van der Waals surface area contributed by atoms with Crippen LogP contribution in [0.4, 0.5) is 5.69 Å². The fraction of sp³-hybridized carbons (Fsp3) is 0.222. The Morgan fingerprint density at radius 2 is 2.12 bits per heavy atom. The molecule has 0 bridgehead atoms. The van der Waals surface area contributed by atoms with Crippen LogP contribution in [-0.4, -0.2) is 15.7 Å². The second-order valence-electron chi connectivity index (χ2n) is 5.80. The van der Waals surface area contributed by atoms with Crippen molar-refractivity contribution in [1.82, 2.24) is 15.1 Å². The number of carbonyl (C=O) groups excluding carboxylic acids is 1. The van der Waals surface area contributed by atoms with Gasteiger partial charge in [0.1, 0.15) is 0 Å². The number of anilines is 1. The molecule has 2 heterocycles. The lowest BCUT2D eigenvalue weighted by Gasteiger charge is -2.10.